The second-order valence-electron chi connectivity index (χ2n) is 7.78. The van der Waals surface area contributed by atoms with E-state index in [2.05, 4.69) is 18.0 Å². The average molecular weight is 362 g/mol. The highest BCUT2D eigenvalue weighted by atomic mass is 32.1. The number of rotatable bonds is 3. The van der Waals surface area contributed by atoms with Gasteiger partial charge in [-0.2, -0.15) is 0 Å². The third-order valence-electron chi connectivity index (χ3n) is 4.31. The number of piperidine rings is 1. The summed E-state index contributed by atoms with van der Waals surface area (Å²) in [4.78, 5) is 21.1. The molecule has 0 bridgehead atoms. The van der Waals surface area contributed by atoms with Gasteiger partial charge in [0, 0.05) is 26.7 Å². The molecule has 1 aromatic carbocycles. The van der Waals surface area contributed by atoms with Gasteiger partial charge in [-0.05, 0) is 51.7 Å². The molecule has 1 fully saturated rings. The Morgan fingerprint density at radius 1 is 1.40 bits per heavy atom. The summed E-state index contributed by atoms with van der Waals surface area (Å²) in [5.41, 5.74) is 0.607. The molecule has 1 aliphatic heterocycles. The third kappa shape index (κ3) is 4.63. The minimum absolute atomic E-state index is 0.195. The predicted octanol–water partition coefficient (Wildman–Crippen LogP) is 4.38. The monoisotopic (exact) mass is 361 g/mol. The molecule has 1 saturated heterocycles. The Morgan fingerprint density at radius 3 is 2.88 bits per heavy atom. The van der Waals surface area contributed by atoms with E-state index < -0.39 is 5.60 Å². The highest BCUT2D eigenvalue weighted by Gasteiger charge is 2.28. The smallest absolute Gasteiger partial charge is 0.410 e. The van der Waals surface area contributed by atoms with E-state index in [0.29, 0.717) is 5.92 Å². The lowest BCUT2D eigenvalue weighted by Crippen LogP contribution is -2.45. The summed E-state index contributed by atoms with van der Waals surface area (Å²) in [5, 5.41) is 1.04. The molecule has 0 N–H and O–H groups in total. The lowest BCUT2D eigenvalue weighted by molar-refractivity contribution is 0.0170. The predicted molar refractivity (Wildman–Crippen MR) is 103 cm³/mol. The van der Waals surface area contributed by atoms with Crippen LogP contribution in [0.1, 0.15) is 33.6 Å². The van der Waals surface area contributed by atoms with Gasteiger partial charge in [0.25, 0.3) is 0 Å². The molecule has 3 rings (SSSR count). The van der Waals surface area contributed by atoms with Crippen LogP contribution in [0.3, 0.4) is 0 Å². The molecular formula is C19H27N3O2S. The van der Waals surface area contributed by atoms with Gasteiger partial charge in [0.1, 0.15) is 5.60 Å². The maximum absolute atomic E-state index is 12.3. The van der Waals surface area contributed by atoms with E-state index in [4.69, 9.17) is 9.72 Å². The molecule has 0 spiro atoms. The van der Waals surface area contributed by atoms with Crippen LogP contribution in [0.15, 0.2) is 24.3 Å². The van der Waals surface area contributed by atoms with Crippen LogP contribution in [0.25, 0.3) is 10.2 Å². The number of fused-ring (bicyclic) bond motifs is 1. The zero-order valence-corrected chi connectivity index (χ0v) is 16.3. The largest absolute Gasteiger partial charge is 0.444 e. The lowest BCUT2D eigenvalue weighted by atomic mass is 9.98. The quantitative estimate of drug-likeness (QED) is 0.814. The standard InChI is InChI=1S/C19H27N3O2S/c1-19(2,3)24-18(23)22-11-7-8-14(13-22)12-21(4)17-20-15-9-5-6-10-16(15)25-17/h5-6,9-10,14H,7-8,11-13H2,1-4H3/t14-/m0/s1. The first kappa shape index (κ1) is 18.0. The zero-order valence-electron chi connectivity index (χ0n) is 15.5. The fourth-order valence-electron chi connectivity index (χ4n) is 3.20. The number of thiazole rings is 1. The first-order valence-corrected chi connectivity index (χ1v) is 9.68. The molecule has 0 saturated carbocycles. The second kappa shape index (κ2) is 7.20. The molecule has 5 nitrogen and oxygen atoms in total. The number of carbonyl (C=O) groups is 1. The summed E-state index contributed by atoms with van der Waals surface area (Å²) < 4.78 is 6.73. The summed E-state index contributed by atoms with van der Waals surface area (Å²) in [5.74, 6) is 0.443. The molecule has 2 heterocycles. The van der Waals surface area contributed by atoms with Crippen LogP contribution < -0.4 is 4.90 Å². The number of para-hydroxylation sites is 1. The summed E-state index contributed by atoms with van der Waals surface area (Å²) in [6, 6.07) is 8.22. The molecule has 0 radical (unpaired) electrons. The van der Waals surface area contributed by atoms with Crippen molar-refractivity contribution in [1.82, 2.24) is 9.88 Å². The number of likely N-dealkylation sites (tertiary alicyclic amines) is 1. The molecular weight excluding hydrogens is 334 g/mol. The Balaban J connectivity index is 1.61. The number of ether oxygens (including phenoxy) is 1. The molecule has 0 unspecified atom stereocenters. The van der Waals surface area contributed by atoms with Gasteiger partial charge in [0.05, 0.1) is 10.2 Å². The Labute approximate surface area is 153 Å². The Hall–Kier alpha value is -1.82. The van der Waals surface area contributed by atoms with Crippen molar-refractivity contribution in [3.05, 3.63) is 24.3 Å². The van der Waals surface area contributed by atoms with E-state index in [0.717, 1.165) is 43.1 Å². The summed E-state index contributed by atoms with van der Waals surface area (Å²) in [6.07, 6.45) is 1.96. The van der Waals surface area contributed by atoms with Crippen LogP contribution in [-0.2, 0) is 4.74 Å². The van der Waals surface area contributed by atoms with E-state index in [9.17, 15) is 4.79 Å². The molecule has 1 atom stereocenters. The molecule has 25 heavy (non-hydrogen) atoms. The van der Waals surface area contributed by atoms with E-state index in [1.54, 1.807) is 11.3 Å². The van der Waals surface area contributed by atoms with E-state index in [-0.39, 0.29) is 6.09 Å². The fourth-order valence-corrected chi connectivity index (χ4v) is 4.13. The van der Waals surface area contributed by atoms with Crippen LogP contribution in [0.5, 0.6) is 0 Å². The highest BCUT2D eigenvalue weighted by Crippen LogP contribution is 2.29. The Bertz CT molecular complexity index is 705. The van der Waals surface area contributed by atoms with Crippen molar-refractivity contribution in [2.75, 3.05) is 31.6 Å². The van der Waals surface area contributed by atoms with Gasteiger partial charge in [0.2, 0.25) is 0 Å². The second-order valence-corrected chi connectivity index (χ2v) is 8.79. The number of hydrogen-bond acceptors (Lipinski definition) is 5. The van der Waals surface area contributed by atoms with E-state index >= 15 is 0 Å². The number of amides is 1. The normalized spacial score (nSPS) is 18.4. The molecule has 136 valence electrons. The van der Waals surface area contributed by atoms with Crippen molar-refractivity contribution in [2.24, 2.45) is 5.92 Å². The lowest BCUT2D eigenvalue weighted by Gasteiger charge is -2.35. The molecule has 6 heteroatoms. The number of nitrogens with zero attached hydrogens (tertiary/aromatic N) is 3. The minimum Gasteiger partial charge on any atom is -0.444 e. The van der Waals surface area contributed by atoms with Crippen molar-refractivity contribution in [3.63, 3.8) is 0 Å². The van der Waals surface area contributed by atoms with Crippen LogP contribution in [-0.4, -0.2) is 48.3 Å². The van der Waals surface area contributed by atoms with Crippen LogP contribution in [0.4, 0.5) is 9.93 Å². The average Bonchev–Trinajstić information content (AvgIpc) is 2.98. The van der Waals surface area contributed by atoms with E-state index in [1.165, 1.54) is 4.70 Å². The number of benzene rings is 1. The summed E-state index contributed by atoms with van der Waals surface area (Å²) in [6.45, 7) is 8.17. The van der Waals surface area contributed by atoms with Crippen molar-refractivity contribution in [3.8, 4) is 0 Å². The topological polar surface area (TPSA) is 45.7 Å². The number of carbonyl (C=O) groups excluding carboxylic acids is 1. The first-order valence-electron chi connectivity index (χ1n) is 8.86. The van der Waals surface area contributed by atoms with Gasteiger partial charge < -0.3 is 14.5 Å². The molecule has 0 aliphatic carbocycles. The van der Waals surface area contributed by atoms with Crippen LogP contribution in [0, 0.1) is 5.92 Å². The molecule has 1 aliphatic rings. The van der Waals surface area contributed by atoms with E-state index in [1.807, 2.05) is 43.9 Å². The van der Waals surface area contributed by atoms with Crippen LogP contribution >= 0.6 is 11.3 Å². The van der Waals surface area contributed by atoms with Gasteiger partial charge >= 0.3 is 6.09 Å². The van der Waals surface area contributed by atoms with Gasteiger partial charge in [-0.1, -0.05) is 23.5 Å². The summed E-state index contributed by atoms with van der Waals surface area (Å²) >= 11 is 1.72. The highest BCUT2D eigenvalue weighted by molar-refractivity contribution is 7.22. The van der Waals surface area contributed by atoms with Crippen LogP contribution in [0.2, 0.25) is 0 Å². The van der Waals surface area contributed by atoms with Crippen molar-refractivity contribution in [2.45, 2.75) is 39.2 Å². The maximum atomic E-state index is 12.3. The van der Waals surface area contributed by atoms with Gasteiger partial charge in [-0.15, -0.1) is 0 Å². The fraction of sp³-hybridized carbons (Fsp3) is 0.579. The molecule has 2 aromatic rings. The minimum atomic E-state index is -0.443. The van der Waals surface area contributed by atoms with Gasteiger partial charge in [-0.25, -0.2) is 9.78 Å². The first-order chi connectivity index (χ1) is 11.8. The zero-order chi connectivity index (χ0) is 18.0. The third-order valence-corrected chi connectivity index (χ3v) is 5.46. The Morgan fingerprint density at radius 2 is 2.16 bits per heavy atom. The molecule has 1 amide bonds. The SMILES string of the molecule is CN(C[C@@H]1CCCN(C(=O)OC(C)(C)C)C1)c1nc2ccccc2s1. The number of aromatic nitrogens is 1. The van der Waals surface area contributed by atoms with Crippen molar-refractivity contribution in [1.29, 1.82) is 0 Å². The number of anilines is 1. The van der Waals surface area contributed by atoms with Crippen molar-refractivity contribution < 1.29 is 9.53 Å². The number of hydrogen-bond donors (Lipinski definition) is 0. The summed E-state index contributed by atoms with van der Waals surface area (Å²) in [7, 11) is 2.09. The maximum Gasteiger partial charge on any atom is 0.410 e. The van der Waals surface area contributed by atoms with Crippen molar-refractivity contribution >= 4 is 32.8 Å². The van der Waals surface area contributed by atoms with Gasteiger partial charge in [0.15, 0.2) is 5.13 Å². The van der Waals surface area contributed by atoms with Gasteiger partial charge in [-0.3, -0.25) is 0 Å². The molecule has 1 aromatic heterocycles. The Kier molecular flexibility index (Phi) is 5.18.